The second-order valence-corrected chi connectivity index (χ2v) is 7.76. The Morgan fingerprint density at radius 2 is 1.79 bits per heavy atom. The molecule has 2 aromatic carbocycles. The Bertz CT molecular complexity index is 1290. The number of benzene rings is 2. The zero-order chi connectivity index (χ0) is 23.9. The van der Waals surface area contributed by atoms with Gasteiger partial charge in [-0.3, -0.25) is 9.67 Å². The predicted molar refractivity (Wildman–Crippen MR) is 135 cm³/mol. The molecular weight excluding hydrogens is 428 g/mol. The average Bonchev–Trinajstić information content (AvgIpc) is 3.31. The molecule has 2 heterocycles. The van der Waals surface area contributed by atoms with E-state index in [4.69, 9.17) is 20.9 Å². The number of methoxy groups -OCH3 is 2. The van der Waals surface area contributed by atoms with E-state index in [1.165, 1.54) is 0 Å². The van der Waals surface area contributed by atoms with Gasteiger partial charge in [-0.1, -0.05) is 0 Å². The number of anilines is 2. The molecule has 0 saturated carbocycles. The summed E-state index contributed by atoms with van der Waals surface area (Å²) in [6.45, 7) is 2.23. The number of aromatic nitrogens is 4. The molecule has 8 heteroatoms. The Balaban J connectivity index is 1.72. The number of ether oxygens (including phenoxy) is 2. The Morgan fingerprint density at radius 3 is 2.47 bits per heavy atom. The van der Waals surface area contributed by atoms with Gasteiger partial charge >= 0.3 is 0 Å². The topological polar surface area (TPSA) is 77.3 Å². The third-order valence-corrected chi connectivity index (χ3v) is 5.44. The summed E-state index contributed by atoms with van der Waals surface area (Å²) < 4.78 is 12.8. The molecule has 0 bridgehead atoms. The molecule has 0 aliphatic rings. The molecule has 0 radical (unpaired) electrons. The average molecular weight is 457 g/mol. The van der Waals surface area contributed by atoms with Crippen molar-refractivity contribution in [3.8, 4) is 35.1 Å². The molecule has 4 aromatic rings. The lowest BCUT2D eigenvalue weighted by atomic mass is 10.2. The van der Waals surface area contributed by atoms with Gasteiger partial charge in [0.2, 0.25) is 0 Å². The highest BCUT2D eigenvalue weighted by molar-refractivity contribution is 5.82. The van der Waals surface area contributed by atoms with Crippen LogP contribution in [-0.4, -0.2) is 53.6 Å². The first kappa shape index (κ1) is 23.1. The number of hydrogen-bond donors (Lipinski definition) is 1. The summed E-state index contributed by atoms with van der Waals surface area (Å²) in [5, 5.41) is 7.64. The van der Waals surface area contributed by atoms with Gasteiger partial charge in [-0.05, 0) is 18.2 Å². The van der Waals surface area contributed by atoms with Crippen molar-refractivity contribution in [2.24, 2.45) is 7.05 Å². The summed E-state index contributed by atoms with van der Waals surface area (Å²) >= 11 is 0. The summed E-state index contributed by atoms with van der Waals surface area (Å²) in [7, 11) is 5.18. The van der Waals surface area contributed by atoms with E-state index >= 15 is 0 Å². The van der Waals surface area contributed by atoms with E-state index in [1.54, 1.807) is 31.3 Å². The van der Waals surface area contributed by atoms with Crippen LogP contribution in [0.2, 0.25) is 0 Å². The van der Waals surface area contributed by atoms with Crippen molar-refractivity contribution in [1.29, 1.82) is 0 Å². The van der Waals surface area contributed by atoms with Gasteiger partial charge in [0.25, 0.3) is 0 Å². The number of hydrogen-bond acceptors (Lipinski definition) is 7. The van der Waals surface area contributed by atoms with Crippen molar-refractivity contribution in [3.05, 3.63) is 55.0 Å². The summed E-state index contributed by atoms with van der Waals surface area (Å²) in [5.41, 5.74) is 5.27. The lowest BCUT2D eigenvalue weighted by Gasteiger charge is -2.26. The number of terminal acetylenes is 1. The molecule has 0 atom stereocenters. The Hall–Kier alpha value is -4.09. The monoisotopic (exact) mass is 456 g/mol. The van der Waals surface area contributed by atoms with Crippen molar-refractivity contribution in [2.45, 2.75) is 6.42 Å². The van der Waals surface area contributed by atoms with Gasteiger partial charge in [0.15, 0.2) is 0 Å². The molecule has 0 amide bonds. The zero-order valence-corrected chi connectivity index (χ0v) is 19.7. The molecule has 0 aliphatic heterocycles. The minimum Gasteiger partial charge on any atom is -0.497 e. The first-order chi connectivity index (χ1) is 16.6. The molecule has 4 rings (SSSR count). The first-order valence-corrected chi connectivity index (χ1v) is 11.0. The van der Waals surface area contributed by atoms with Gasteiger partial charge in [0.05, 0.1) is 43.3 Å². The fourth-order valence-corrected chi connectivity index (χ4v) is 3.69. The van der Waals surface area contributed by atoms with E-state index < -0.39 is 0 Å². The van der Waals surface area contributed by atoms with Gasteiger partial charge in [-0.15, -0.1) is 12.3 Å². The molecular formula is C26H28N6O2. The van der Waals surface area contributed by atoms with Crippen molar-refractivity contribution >= 4 is 22.4 Å². The largest absolute Gasteiger partial charge is 0.497 e. The van der Waals surface area contributed by atoms with Crippen LogP contribution >= 0.6 is 0 Å². The highest BCUT2D eigenvalue weighted by Gasteiger charge is 2.14. The smallest absolute Gasteiger partial charge is 0.124 e. The van der Waals surface area contributed by atoms with Crippen molar-refractivity contribution in [3.63, 3.8) is 0 Å². The maximum absolute atomic E-state index is 5.50. The van der Waals surface area contributed by atoms with Gasteiger partial charge in [-0.25, -0.2) is 4.98 Å². The minimum atomic E-state index is 0.690. The Morgan fingerprint density at radius 1 is 1.00 bits per heavy atom. The minimum absolute atomic E-state index is 0.690. The molecule has 2 aromatic heterocycles. The highest BCUT2D eigenvalue weighted by Crippen LogP contribution is 2.34. The molecule has 0 spiro atoms. The second kappa shape index (κ2) is 10.7. The maximum Gasteiger partial charge on any atom is 0.124 e. The summed E-state index contributed by atoms with van der Waals surface area (Å²) in [6.07, 6.45) is 11.6. The van der Waals surface area contributed by atoms with Crippen LogP contribution < -0.4 is 19.7 Å². The third-order valence-electron chi connectivity index (χ3n) is 5.44. The Kier molecular flexibility index (Phi) is 7.25. The summed E-state index contributed by atoms with van der Waals surface area (Å²) in [5.74, 6) is 4.10. The van der Waals surface area contributed by atoms with Crippen LogP contribution in [0.1, 0.15) is 6.42 Å². The Labute approximate surface area is 199 Å². The second-order valence-electron chi connectivity index (χ2n) is 7.76. The van der Waals surface area contributed by atoms with Crippen LogP contribution in [0.5, 0.6) is 11.5 Å². The predicted octanol–water partition coefficient (Wildman–Crippen LogP) is 3.80. The van der Waals surface area contributed by atoms with Gasteiger partial charge in [0, 0.05) is 74.4 Å². The van der Waals surface area contributed by atoms with Crippen LogP contribution in [-0.2, 0) is 7.05 Å². The van der Waals surface area contributed by atoms with Crippen LogP contribution in [0.25, 0.3) is 22.3 Å². The number of nitrogens with one attached hydrogen (secondary N) is 1. The first-order valence-electron chi connectivity index (χ1n) is 11.0. The van der Waals surface area contributed by atoms with Gasteiger partial charge in [-0.2, -0.15) is 5.10 Å². The zero-order valence-electron chi connectivity index (χ0n) is 19.7. The van der Waals surface area contributed by atoms with E-state index in [-0.39, 0.29) is 0 Å². The molecule has 0 saturated heterocycles. The lowest BCUT2D eigenvalue weighted by Crippen LogP contribution is -2.29. The normalized spacial score (nSPS) is 10.8. The van der Waals surface area contributed by atoms with Gasteiger partial charge in [0.1, 0.15) is 11.5 Å². The quantitative estimate of drug-likeness (QED) is 0.287. The fourth-order valence-electron chi connectivity index (χ4n) is 3.69. The SMILES string of the molecule is C#CCCNCCN(c1cc(OC)cc(OC)c1)c1ccc2ncc(-c3cnn(C)c3)nc2c1. The van der Waals surface area contributed by atoms with E-state index in [1.807, 2.05) is 43.6 Å². The number of aryl methyl sites for hydroxylation is 1. The third kappa shape index (κ3) is 5.27. The lowest BCUT2D eigenvalue weighted by molar-refractivity contribution is 0.394. The van der Waals surface area contributed by atoms with E-state index in [9.17, 15) is 0 Å². The van der Waals surface area contributed by atoms with E-state index in [2.05, 4.69) is 32.3 Å². The van der Waals surface area contributed by atoms with Crippen LogP contribution in [0, 0.1) is 12.3 Å². The van der Waals surface area contributed by atoms with E-state index in [0.29, 0.717) is 13.0 Å². The molecule has 0 fully saturated rings. The number of rotatable bonds is 10. The molecule has 174 valence electrons. The summed E-state index contributed by atoms with van der Waals surface area (Å²) in [6, 6.07) is 11.9. The molecule has 1 N–H and O–H groups in total. The number of fused-ring (bicyclic) bond motifs is 1. The molecule has 0 aliphatic carbocycles. The van der Waals surface area contributed by atoms with E-state index in [0.717, 1.165) is 58.3 Å². The van der Waals surface area contributed by atoms with Crippen molar-refractivity contribution < 1.29 is 9.47 Å². The van der Waals surface area contributed by atoms with Crippen molar-refractivity contribution in [2.75, 3.05) is 38.8 Å². The summed E-state index contributed by atoms with van der Waals surface area (Å²) in [4.78, 5) is 11.7. The van der Waals surface area contributed by atoms with Crippen LogP contribution in [0.15, 0.2) is 55.0 Å². The molecule has 0 unspecified atom stereocenters. The fraction of sp³-hybridized carbons (Fsp3) is 0.269. The maximum atomic E-state index is 5.50. The number of nitrogens with zero attached hydrogens (tertiary/aromatic N) is 5. The standard InChI is InChI=1S/C26H28N6O2/c1-5-6-9-27-10-11-32(21-12-22(33-3)15-23(13-21)34-4)20-7-8-24-25(14-20)30-26(17-28-24)19-16-29-31(2)18-19/h1,7-8,12-18,27H,6,9-11H2,2-4H3. The van der Waals surface area contributed by atoms with Crippen LogP contribution in [0.3, 0.4) is 0 Å². The molecule has 34 heavy (non-hydrogen) atoms. The van der Waals surface area contributed by atoms with Gasteiger partial charge < -0.3 is 19.7 Å². The van der Waals surface area contributed by atoms with Crippen LogP contribution in [0.4, 0.5) is 11.4 Å². The highest BCUT2D eigenvalue weighted by atomic mass is 16.5. The van der Waals surface area contributed by atoms with Crippen molar-refractivity contribution in [1.82, 2.24) is 25.1 Å². The molecule has 8 nitrogen and oxygen atoms in total.